The van der Waals surface area contributed by atoms with E-state index in [1.54, 1.807) is 26.8 Å². The van der Waals surface area contributed by atoms with Gasteiger partial charge in [-0.2, -0.15) is 0 Å². The van der Waals surface area contributed by atoms with Crippen molar-refractivity contribution in [3.05, 3.63) is 58.7 Å². The van der Waals surface area contributed by atoms with Gasteiger partial charge in [0.05, 0.1) is 17.3 Å². The van der Waals surface area contributed by atoms with Gasteiger partial charge in [0.15, 0.2) is 11.4 Å². The van der Waals surface area contributed by atoms with Crippen molar-refractivity contribution in [3.63, 3.8) is 0 Å². The molecule has 1 aliphatic heterocycles. The summed E-state index contributed by atoms with van der Waals surface area (Å²) in [5.41, 5.74) is -1.69. The molecule has 32 heavy (non-hydrogen) atoms. The van der Waals surface area contributed by atoms with E-state index in [9.17, 15) is 30.0 Å². The molecule has 1 unspecified atom stereocenters. The maximum Gasteiger partial charge on any atom is 0.200 e. The van der Waals surface area contributed by atoms with Crippen molar-refractivity contribution in [1.82, 2.24) is 0 Å². The molecule has 172 valence electrons. The molecule has 7 nitrogen and oxygen atoms in total. The van der Waals surface area contributed by atoms with Crippen molar-refractivity contribution in [2.45, 2.75) is 70.4 Å². The lowest BCUT2D eigenvalue weighted by Crippen LogP contribution is -2.59. The fourth-order valence-corrected chi connectivity index (χ4v) is 4.14. The van der Waals surface area contributed by atoms with Gasteiger partial charge in [-0.1, -0.05) is 23.8 Å². The monoisotopic (exact) mass is 442 g/mol. The molecular weight excluding hydrogens is 412 g/mol. The Bertz CT molecular complexity index is 1050. The lowest BCUT2D eigenvalue weighted by Gasteiger charge is -2.47. The Labute approximate surface area is 187 Å². The van der Waals surface area contributed by atoms with E-state index in [0.717, 1.165) is 17.7 Å². The molecule has 0 saturated heterocycles. The number of fused-ring (bicyclic) bond motifs is 2. The quantitative estimate of drug-likeness (QED) is 0.498. The lowest BCUT2D eigenvalue weighted by molar-refractivity contribution is -0.150. The van der Waals surface area contributed by atoms with E-state index < -0.39 is 40.7 Å². The van der Waals surface area contributed by atoms with Crippen LogP contribution < -0.4 is 0 Å². The molecule has 4 N–H and O–H groups in total. The Morgan fingerprint density at radius 2 is 1.91 bits per heavy atom. The number of carbonyl (C=O) groups is 2. The maximum absolute atomic E-state index is 13.7. The van der Waals surface area contributed by atoms with Crippen LogP contribution in [0.5, 0.6) is 11.5 Å². The van der Waals surface area contributed by atoms with Gasteiger partial charge < -0.3 is 25.2 Å². The van der Waals surface area contributed by atoms with Crippen LogP contribution in [0.25, 0.3) is 0 Å². The molecule has 2 aliphatic rings. The molecule has 0 radical (unpaired) electrons. The van der Waals surface area contributed by atoms with Gasteiger partial charge in [-0.3, -0.25) is 9.59 Å². The molecule has 1 aliphatic carbocycles. The third kappa shape index (κ3) is 4.03. The van der Waals surface area contributed by atoms with Crippen molar-refractivity contribution in [3.8, 4) is 11.5 Å². The number of benzene rings is 1. The molecule has 0 spiro atoms. The van der Waals surface area contributed by atoms with Crippen molar-refractivity contribution < 1.29 is 34.8 Å². The normalized spacial score (nSPS) is 25.6. The van der Waals surface area contributed by atoms with Gasteiger partial charge in [0.1, 0.15) is 17.6 Å². The summed E-state index contributed by atoms with van der Waals surface area (Å²) >= 11 is 0. The largest absolute Gasteiger partial charge is 0.508 e. The summed E-state index contributed by atoms with van der Waals surface area (Å²) in [6.07, 6.45) is 2.37. The molecule has 0 fully saturated rings. The van der Waals surface area contributed by atoms with Crippen molar-refractivity contribution >= 4 is 11.6 Å². The van der Waals surface area contributed by atoms with Crippen LogP contribution in [0.15, 0.2) is 47.6 Å². The van der Waals surface area contributed by atoms with E-state index in [4.69, 9.17) is 4.74 Å². The zero-order valence-corrected chi connectivity index (χ0v) is 18.8. The van der Waals surface area contributed by atoms with Gasteiger partial charge in [0.25, 0.3) is 0 Å². The van der Waals surface area contributed by atoms with Gasteiger partial charge >= 0.3 is 0 Å². The minimum absolute atomic E-state index is 0.0183. The predicted octanol–water partition coefficient (Wildman–Crippen LogP) is 3.37. The number of hydrogen-bond acceptors (Lipinski definition) is 7. The van der Waals surface area contributed by atoms with Crippen LogP contribution >= 0.6 is 0 Å². The third-order valence-electron chi connectivity index (χ3n) is 6.21. The van der Waals surface area contributed by atoms with Gasteiger partial charge in [-0.15, -0.1) is 0 Å². The van der Waals surface area contributed by atoms with Crippen LogP contribution in [0.1, 0.15) is 67.7 Å². The topological polar surface area (TPSA) is 124 Å². The third-order valence-corrected chi connectivity index (χ3v) is 6.21. The summed E-state index contributed by atoms with van der Waals surface area (Å²) in [6, 6.07) is 2.15. The smallest absolute Gasteiger partial charge is 0.200 e. The second-order valence-corrected chi connectivity index (χ2v) is 9.26. The SMILES string of the molecule is C=C(C)C(O)CCC(C)=CC[C@@]12OC(C)(C)[C@@H](O)C=C1C(=O)c1c(O)cc(O)cc1C2=O. The Balaban J connectivity index is 2.08. The summed E-state index contributed by atoms with van der Waals surface area (Å²) < 4.78 is 6.15. The second kappa shape index (κ2) is 8.31. The van der Waals surface area contributed by atoms with Crippen LogP contribution in [0.2, 0.25) is 0 Å². The van der Waals surface area contributed by atoms with Crippen molar-refractivity contribution in [2.24, 2.45) is 0 Å². The van der Waals surface area contributed by atoms with E-state index in [1.165, 1.54) is 6.08 Å². The number of ether oxygens (including phenoxy) is 1. The van der Waals surface area contributed by atoms with Gasteiger partial charge in [0, 0.05) is 23.6 Å². The summed E-state index contributed by atoms with van der Waals surface area (Å²) in [6.45, 7) is 10.6. The number of rotatable bonds is 6. The molecule has 0 aromatic heterocycles. The fraction of sp³-hybridized carbons (Fsp3) is 0.440. The molecule has 1 heterocycles. The maximum atomic E-state index is 13.7. The number of aliphatic hydroxyl groups excluding tert-OH is 2. The second-order valence-electron chi connectivity index (χ2n) is 9.26. The number of hydrogen-bond donors (Lipinski definition) is 4. The van der Waals surface area contributed by atoms with Gasteiger partial charge in [-0.05, 0) is 52.7 Å². The average Bonchev–Trinajstić information content (AvgIpc) is 2.69. The Kier molecular flexibility index (Phi) is 6.21. The number of carbonyl (C=O) groups excluding carboxylic acids is 2. The molecule has 0 saturated carbocycles. The number of phenols is 2. The van der Waals surface area contributed by atoms with E-state index >= 15 is 0 Å². The minimum Gasteiger partial charge on any atom is -0.508 e. The number of ketones is 2. The highest BCUT2D eigenvalue weighted by molar-refractivity contribution is 6.28. The number of allylic oxidation sites excluding steroid dienone is 1. The molecule has 0 bridgehead atoms. The molecule has 1 aromatic rings. The number of aliphatic hydroxyl groups is 2. The van der Waals surface area contributed by atoms with Gasteiger partial charge in [-0.25, -0.2) is 0 Å². The lowest BCUT2D eigenvalue weighted by atomic mass is 9.69. The van der Waals surface area contributed by atoms with Crippen LogP contribution in [-0.4, -0.2) is 55.4 Å². The molecule has 3 atom stereocenters. The predicted molar refractivity (Wildman–Crippen MR) is 119 cm³/mol. The molecule has 1 aromatic carbocycles. The van der Waals surface area contributed by atoms with E-state index in [1.807, 2.05) is 6.92 Å². The first kappa shape index (κ1) is 23.9. The van der Waals surface area contributed by atoms with Crippen LogP contribution in [0.3, 0.4) is 0 Å². The van der Waals surface area contributed by atoms with Crippen molar-refractivity contribution in [1.29, 1.82) is 0 Å². The fourth-order valence-electron chi connectivity index (χ4n) is 4.14. The highest BCUT2D eigenvalue weighted by Crippen LogP contribution is 2.48. The molecule has 7 heteroatoms. The summed E-state index contributed by atoms with van der Waals surface area (Å²) in [4.78, 5) is 27.0. The van der Waals surface area contributed by atoms with Gasteiger partial charge in [0.2, 0.25) is 5.78 Å². The standard InChI is InChI=1S/C25H30O7/c1-13(2)18(27)7-6-14(3)8-9-25-17(12-20(29)24(4,5)32-25)22(30)21-16(23(25)31)10-15(26)11-19(21)28/h8,10-12,18,20,26-29H,1,6-7,9H2,2-5H3/t18?,20-,25+/m0/s1. The van der Waals surface area contributed by atoms with E-state index in [0.29, 0.717) is 18.4 Å². The first-order valence-electron chi connectivity index (χ1n) is 10.5. The van der Waals surface area contributed by atoms with Crippen LogP contribution in [0, 0.1) is 0 Å². The van der Waals surface area contributed by atoms with E-state index in [-0.39, 0.29) is 28.9 Å². The number of phenolic OH excluding ortho intramolecular Hbond substituents is 2. The number of Topliss-reactive ketones (excluding diaryl/α,β-unsaturated/α-hetero) is 2. The summed E-state index contributed by atoms with van der Waals surface area (Å²) in [5.74, 6) is -2.06. The Hall–Kier alpha value is -2.74. The average molecular weight is 443 g/mol. The zero-order chi connectivity index (χ0) is 24.0. The molecule has 0 amide bonds. The number of aromatic hydroxyl groups is 2. The highest BCUT2D eigenvalue weighted by atomic mass is 16.5. The zero-order valence-electron chi connectivity index (χ0n) is 18.8. The molecule has 3 rings (SSSR count). The summed E-state index contributed by atoms with van der Waals surface area (Å²) in [5, 5.41) is 40.7. The Morgan fingerprint density at radius 1 is 1.25 bits per heavy atom. The Morgan fingerprint density at radius 3 is 2.53 bits per heavy atom. The van der Waals surface area contributed by atoms with Crippen LogP contribution in [0.4, 0.5) is 0 Å². The summed E-state index contributed by atoms with van der Waals surface area (Å²) in [7, 11) is 0. The first-order valence-corrected chi connectivity index (χ1v) is 10.5. The van der Waals surface area contributed by atoms with E-state index in [2.05, 4.69) is 6.58 Å². The minimum atomic E-state index is -1.71. The van der Waals surface area contributed by atoms with Crippen molar-refractivity contribution in [2.75, 3.05) is 0 Å². The van der Waals surface area contributed by atoms with Crippen LogP contribution in [-0.2, 0) is 4.74 Å². The first-order chi connectivity index (χ1) is 14.8. The molecular formula is C25H30O7. The highest BCUT2D eigenvalue weighted by Gasteiger charge is 2.57.